The molecule has 0 aromatic carbocycles. The van der Waals surface area contributed by atoms with E-state index in [1.165, 1.54) is 9.95 Å². The van der Waals surface area contributed by atoms with E-state index in [0.29, 0.717) is 6.61 Å². The van der Waals surface area contributed by atoms with Crippen LogP contribution in [-0.4, -0.2) is 35.9 Å². The summed E-state index contributed by atoms with van der Waals surface area (Å²) in [6.45, 7) is 1.87. The number of hydrogen-bond acceptors (Lipinski definition) is 4. The summed E-state index contributed by atoms with van der Waals surface area (Å²) < 4.78 is 6.22. The zero-order chi connectivity index (χ0) is 11.5. The van der Waals surface area contributed by atoms with E-state index in [2.05, 4.69) is 25.2 Å². The fourth-order valence-corrected chi connectivity index (χ4v) is 6.91. The molecule has 1 heterocycles. The van der Waals surface area contributed by atoms with Crippen LogP contribution in [-0.2, 0) is 16.0 Å². The van der Waals surface area contributed by atoms with Crippen LogP contribution in [0.2, 0.25) is 14.8 Å². The van der Waals surface area contributed by atoms with Gasteiger partial charge in [-0.3, -0.25) is 0 Å². The number of rotatable bonds is 4. The van der Waals surface area contributed by atoms with Crippen molar-refractivity contribution < 1.29 is 9.53 Å². The molecule has 3 nitrogen and oxygen atoms in total. The Morgan fingerprint density at radius 2 is 2.20 bits per heavy atom. The zero-order valence-corrected chi connectivity index (χ0v) is 13.3. The molecule has 0 aliphatic heterocycles. The standard InChI is InChI=1S/C7H8NO2S.3CH3.Sn/c1-6(9)10-3-2-7-4-11-5-8-7;;;;/h4H,2-3H2,1H3;3*1H3;. The summed E-state index contributed by atoms with van der Waals surface area (Å²) in [4.78, 5) is 22.2. The molecule has 0 unspecified atom stereocenters. The number of nitrogens with zero attached hydrogens (tertiary/aromatic N) is 1. The van der Waals surface area contributed by atoms with Crippen molar-refractivity contribution in [3.8, 4) is 0 Å². The predicted molar refractivity (Wildman–Crippen MR) is 65.4 cm³/mol. The second-order valence-electron chi connectivity index (χ2n) is 4.48. The van der Waals surface area contributed by atoms with Gasteiger partial charge in [-0.1, -0.05) is 0 Å². The number of carbonyl (C=O) groups excluding carboxylic acids is 1. The van der Waals surface area contributed by atoms with Crippen LogP contribution in [0.15, 0.2) is 5.38 Å². The second-order valence-corrected chi connectivity index (χ2v) is 20.6. The number of hydrogen-bond donors (Lipinski definition) is 0. The molecule has 0 aliphatic carbocycles. The second kappa shape index (κ2) is 5.29. The molecule has 84 valence electrons. The van der Waals surface area contributed by atoms with Gasteiger partial charge in [-0.15, -0.1) is 0 Å². The molecule has 1 aromatic heterocycles. The molecule has 1 rings (SSSR count). The number of ether oxygens (including phenoxy) is 1. The molecule has 0 bridgehead atoms. The van der Waals surface area contributed by atoms with Crippen LogP contribution >= 0.6 is 11.3 Å². The Morgan fingerprint density at radius 1 is 1.53 bits per heavy atom. The van der Waals surface area contributed by atoms with Gasteiger partial charge in [-0.05, 0) is 0 Å². The van der Waals surface area contributed by atoms with Crippen molar-refractivity contribution in [1.29, 1.82) is 0 Å². The maximum absolute atomic E-state index is 10.6. The Balaban J connectivity index is 2.50. The van der Waals surface area contributed by atoms with Crippen molar-refractivity contribution >= 4 is 38.7 Å². The third kappa shape index (κ3) is 4.51. The summed E-state index contributed by atoms with van der Waals surface area (Å²) in [5.41, 5.74) is 1.06. The fourth-order valence-electron chi connectivity index (χ4n) is 1.07. The average Bonchev–Trinajstić information content (AvgIpc) is 2.51. The molecular weight excluding hydrogens is 317 g/mol. The van der Waals surface area contributed by atoms with E-state index >= 15 is 0 Å². The molecule has 1 aromatic rings. The Labute approximate surface area is 98.7 Å². The van der Waals surface area contributed by atoms with Crippen LogP contribution in [0.4, 0.5) is 0 Å². The van der Waals surface area contributed by atoms with Gasteiger partial charge in [0.2, 0.25) is 0 Å². The molecule has 0 aliphatic rings. The quantitative estimate of drug-likeness (QED) is 0.623. The van der Waals surface area contributed by atoms with Gasteiger partial charge in [-0.2, -0.15) is 0 Å². The summed E-state index contributed by atoms with van der Waals surface area (Å²) in [5.74, 6) is -0.222. The van der Waals surface area contributed by atoms with Crippen molar-refractivity contribution in [2.24, 2.45) is 0 Å². The van der Waals surface area contributed by atoms with Crippen LogP contribution in [0.5, 0.6) is 0 Å². The first-order valence-electron chi connectivity index (χ1n) is 4.98. The predicted octanol–water partition coefficient (Wildman–Crippen LogP) is 1.79. The van der Waals surface area contributed by atoms with Crippen LogP contribution in [0, 0.1) is 0 Å². The Kier molecular flexibility index (Phi) is 4.58. The van der Waals surface area contributed by atoms with E-state index in [9.17, 15) is 4.79 Å². The Morgan fingerprint density at radius 3 is 2.67 bits per heavy atom. The van der Waals surface area contributed by atoms with Crippen molar-refractivity contribution in [3.63, 3.8) is 0 Å². The molecule has 0 N–H and O–H groups in total. The van der Waals surface area contributed by atoms with E-state index in [1.54, 1.807) is 11.3 Å². The molecule has 0 amide bonds. The van der Waals surface area contributed by atoms with E-state index in [-0.39, 0.29) is 5.97 Å². The fraction of sp³-hybridized carbons (Fsp3) is 0.600. The van der Waals surface area contributed by atoms with Crippen molar-refractivity contribution in [1.82, 2.24) is 4.98 Å². The summed E-state index contributed by atoms with van der Waals surface area (Å²) in [5, 5.41) is 2.08. The van der Waals surface area contributed by atoms with Crippen LogP contribution < -0.4 is 3.02 Å². The van der Waals surface area contributed by atoms with Gasteiger partial charge in [0.15, 0.2) is 0 Å². The van der Waals surface area contributed by atoms with E-state index in [1.807, 2.05) is 0 Å². The van der Waals surface area contributed by atoms with Gasteiger partial charge < -0.3 is 0 Å². The van der Waals surface area contributed by atoms with E-state index in [4.69, 9.17) is 4.74 Å². The minimum absolute atomic E-state index is 0.222. The number of thiazole rings is 1. The van der Waals surface area contributed by atoms with Crippen LogP contribution in [0.25, 0.3) is 0 Å². The van der Waals surface area contributed by atoms with Gasteiger partial charge in [-0.25, -0.2) is 0 Å². The molecule has 0 radical (unpaired) electrons. The summed E-state index contributed by atoms with van der Waals surface area (Å²) >= 11 is -0.221. The van der Waals surface area contributed by atoms with Gasteiger partial charge in [0.1, 0.15) is 0 Å². The first-order chi connectivity index (χ1) is 6.89. The summed E-state index contributed by atoms with van der Waals surface area (Å²) in [6.07, 6.45) is 0.734. The molecule has 0 saturated carbocycles. The number of carbonyl (C=O) groups is 1. The maximum atomic E-state index is 10.6. The van der Waals surface area contributed by atoms with Gasteiger partial charge in [0.25, 0.3) is 0 Å². The average molecular weight is 334 g/mol. The zero-order valence-electron chi connectivity index (χ0n) is 9.66. The third-order valence-corrected chi connectivity index (χ3v) is 11.7. The van der Waals surface area contributed by atoms with Crippen molar-refractivity contribution in [2.45, 2.75) is 28.2 Å². The summed E-state index contributed by atoms with van der Waals surface area (Å²) in [6, 6.07) is 0. The first-order valence-corrected chi connectivity index (χ1v) is 15.8. The number of aromatic nitrogens is 1. The van der Waals surface area contributed by atoms with Crippen LogP contribution in [0.3, 0.4) is 0 Å². The normalized spacial score (nSPS) is 11.5. The molecule has 15 heavy (non-hydrogen) atoms. The number of esters is 1. The SMILES string of the molecule is CC(=O)OCCc1cs[c]([Sn]([CH3])([CH3])[CH3])n1. The Hall–Kier alpha value is -0.101. The van der Waals surface area contributed by atoms with Gasteiger partial charge in [0.05, 0.1) is 0 Å². The molecule has 0 saturated heterocycles. The third-order valence-electron chi connectivity index (χ3n) is 1.86. The van der Waals surface area contributed by atoms with Crippen molar-refractivity contribution in [3.05, 3.63) is 11.1 Å². The molecule has 5 heteroatoms. The minimum atomic E-state index is -1.98. The van der Waals surface area contributed by atoms with Gasteiger partial charge in [0, 0.05) is 0 Å². The summed E-state index contributed by atoms with van der Waals surface area (Å²) in [7, 11) is 0. The van der Waals surface area contributed by atoms with Gasteiger partial charge >= 0.3 is 99.1 Å². The van der Waals surface area contributed by atoms with Crippen LogP contribution in [0.1, 0.15) is 12.6 Å². The monoisotopic (exact) mass is 335 g/mol. The first kappa shape index (κ1) is 13.0. The molecule has 0 spiro atoms. The van der Waals surface area contributed by atoms with E-state index < -0.39 is 18.4 Å². The molecule has 0 fully saturated rings. The topological polar surface area (TPSA) is 39.2 Å². The molecular formula is C10H17NO2SSn. The van der Waals surface area contributed by atoms with Crippen molar-refractivity contribution in [2.75, 3.05) is 6.61 Å². The van der Waals surface area contributed by atoms with E-state index in [0.717, 1.165) is 12.1 Å². The molecule has 0 atom stereocenters. The Bertz CT molecular complexity index is 343.